The van der Waals surface area contributed by atoms with E-state index < -0.39 is 15.9 Å². The van der Waals surface area contributed by atoms with Gasteiger partial charge >= 0.3 is 10.1 Å². The molecule has 6 heteroatoms. The van der Waals surface area contributed by atoms with Crippen LogP contribution in [-0.4, -0.2) is 21.3 Å². The minimum atomic E-state index is -3.59. The molecule has 0 aromatic heterocycles. The fraction of sp³-hybridized carbons (Fsp3) is 0.368. The zero-order chi connectivity index (χ0) is 18.3. The van der Waals surface area contributed by atoms with Crippen LogP contribution in [-0.2, 0) is 26.1 Å². The summed E-state index contributed by atoms with van der Waals surface area (Å²) in [6, 6.07) is 14.8. The Morgan fingerprint density at radius 1 is 1.04 bits per heavy atom. The molecule has 0 aliphatic carbocycles. The molecule has 0 radical (unpaired) electrons. The van der Waals surface area contributed by atoms with Crippen molar-refractivity contribution in [1.82, 2.24) is 0 Å². The van der Waals surface area contributed by atoms with Crippen LogP contribution < -0.4 is 8.92 Å². The normalized spacial score (nSPS) is 22.4. The maximum Gasteiger partial charge on any atom is 0.306 e. The molecule has 1 heterocycles. The van der Waals surface area contributed by atoms with Gasteiger partial charge in [0.2, 0.25) is 5.79 Å². The van der Waals surface area contributed by atoms with Gasteiger partial charge in [0.1, 0.15) is 11.5 Å². The van der Waals surface area contributed by atoms with Gasteiger partial charge in [0.25, 0.3) is 0 Å². The van der Waals surface area contributed by atoms with E-state index in [1.807, 2.05) is 51.1 Å². The molecule has 0 saturated carbocycles. The minimum Gasteiger partial charge on any atom is -0.458 e. The van der Waals surface area contributed by atoms with E-state index in [-0.39, 0.29) is 11.2 Å². The maximum atomic E-state index is 11.4. The lowest BCUT2D eigenvalue weighted by molar-refractivity contribution is -0.179. The second-order valence-electron chi connectivity index (χ2n) is 7.03. The third-order valence-electron chi connectivity index (χ3n) is 4.24. The molecule has 1 unspecified atom stereocenters. The van der Waals surface area contributed by atoms with Crippen LogP contribution in [0.3, 0.4) is 0 Å². The van der Waals surface area contributed by atoms with Gasteiger partial charge in [-0.25, -0.2) is 0 Å². The Balaban J connectivity index is 2.05. The molecule has 2 aromatic carbocycles. The summed E-state index contributed by atoms with van der Waals surface area (Å²) >= 11 is 0. The van der Waals surface area contributed by atoms with Crippen molar-refractivity contribution < 1.29 is 22.1 Å². The standard InChI is InChI=1S/C19H22O5S/c1-18(2)13-22-19(3,14-8-6-5-7-9-14)23-17-11-10-15(12-16(17)18)24-25(4,20)21/h5-12H,13H2,1-4H3. The molecule has 0 spiro atoms. The first kappa shape index (κ1) is 17.8. The topological polar surface area (TPSA) is 61.8 Å². The highest BCUT2D eigenvalue weighted by atomic mass is 32.2. The van der Waals surface area contributed by atoms with Crippen LogP contribution in [0.25, 0.3) is 0 Å². The molecule has 1 aliphatic rings. The average Bonchev–Trinajstić information content (AvgIpc) is 2.63. The van der Waals surface area contributed by atoms with Crippen LogP contribution in [0.2, 0.25) is 0 Å². The highest BCUT2D eigenvalue weighted by molar-refractivity contribution is 7.86. The van der Waals surface area contributed by atoms with Gasteiger partial charge in [-0.3, -0.25) is 0 Å². The van der Waals surface area contributed by atoms with Crippen LogP contribution in [0.5, 0.6) is 11.5 Å². The van der Waals surface area contributed by atoms with Crippen molar-refractivity contribution in [2.45, 2.75) is 32.0 Å². The zero-order valence-electron chi connectivity index (χ0n) is 14.8. The highest BCUT2D eigenvalue weighted by Crippen LogP contribution is 2.43. The smallest absolute Gasteiger partial charge is 0.306 e. The number of benzene rings is 2. The monoisotopic (exact) mass is 362 g/mol. The van der Waals surface area contributed by atoms with E-state index in [9.17, 15) is 8.42 Å². The third-order valence-corrected chi connectivity index (χ3v) is 4.73. The Kier molecular flexibility index (Phi) is 4.29. The van der Waals surface area contributed by atoms with E-state index >= 15 is 0 Å². The van der Waals surface area contributed by atoms with Crippen molar-refractivity contribution in [2.75, 3.05) is 12.9 Å². The minimum absolute atomic E-state index is 0.265. The van der Waals surface area contributed by atoms with Gasteiger partial charge in [-0.2, -0.15) is 8.42 Å². The summed E-state index contributed by atoms with van der Waals surface area (Å²) in [7, 11) is -3.59. The highest BCUT2D eigenvalue weighted by Gasteiger charge is 2.39. The Hall–Kier alpha value is -2.05. The Morgan fingerprint density at radius 3 is 2.36 bits per heavy atom. The summed E-state index contributed by atoms with van der Waals surface area (Å²) in [5, 5.41) is 0. The second kappa shape index (κ2) is 6.04. The summed E-state index contributed by atoms with van der Waals surface area (Å²) in [4.78, 5) is 0. The summed E-state index contributed by atoms with van der Waals surface area (Å²) in [6.07, 6.45) is 1.02. The van der Waals surface area contributed by atoms with Crippen molar-refractivity contribution in [3.8, 4) is 11.5 Å². The third kappa shape index (κ3) is 3.80. The van der Waals surface area contributed by atoms with E-state index in [0.717, 1.165) is 17.4 Å². The Morgan fingerprint density at radius 2 is 1.72 bits per heavy atom. The molecule has 0 saturated heterocycles. The van der Waals surface area contributed by atoms with Gasteiger partial charge in [-0.05, 0) is 18.2 Å². The van der Waals surface area contributed by atoms with Crippen molar-refractivity contribution in [1.29, 1.82) is 0 Å². The number of ether oxygens (including phenoxy) is 2. The predicted octanol–water partition coefficient (Wildman–Crippen LogP) is 3.58. The van der Waals surface area contributed by atoms with Crippen LogP contribution >= 0.6 is 0 Å². The first-order valence-corrected chi connectivity index (χ1v) is 9.83. The molecule has 25 heavy (non-hydrogen) atoms. The van der Waals surface area contributed by atoms with Crippen LogP contribution in [0.4, 0.5) is 0 Å². The number of fused-ring (bicyclic) bond motifs is 1. The predicted molar refractivity (Wildman–Crippen MR) is 95.3 cm³/mol. The van der Waals surface area contributed by atoms with Crippen LogP contribution in [0.1, 0.15) is 31.9 Å². The molecule has 0 N–H and O–H groups in total. The summed E-state index contributed by atoms with van der Waals surface area (Å²) in [5.41, 5.74) is 1.38. The maximum absolute atomic E-state index is 11.4. The molecular weight excluding hydrogens is 340 g/mol. The summed E-state index contributed by atoms with van der Waals surface area (Å²) < 4.78 is 40.2. The fourth-order valence-corrected chi connectivity index (χ4v) is 3.33. The molecule has 134 valence electrons. The summed E-state index contributed by atoms with van der Waals surface area (Å²) in [6.45, 7) is 6.34. The molecular formula is C19H22O5S. The molecule has 5 nitrogen and oxygen atoms in total. The largest absolute Gasteiger partial charge is 0.458 e. The first-order chi connectivity index (χ1) is 11.6. The van der Waals surface area contributed by atoms with E-state index in [2.05, 4.69) is 0 Å². The second-order valence-corrected chi connectivity index (χ2v) is 8.61. The van der Waals surface area contributed by atoms with E-state index in [0.29, 0.717) is 12.4 Å². The van der Waals surface area contributed by atoms with Gasteiger partial charge in [0.15, 0.2) is 0 Å². The number of hydrogen-bond acceptors (Lipinski definition) is 5. The molecule has 0 fully saturated rings. The molecule has 0 amide bonds. The van der Waals surface area contributed by atoms with Gasteiger partial charge in [-0.15, -0.1) is 0 Å². The first-order valence-electron chi connectivity index (χ1n) is 8.02. The average molecular weight is 362 g/mol. The van der Waals surface area contributed by atoms with Crippen molar-refractivity contribution in [2.24, 2.45) is 0 Å². The molecule has 1 atom stereocenters. The summed E-state index contributed by atoms with van der Waals surface area (Å²) in [5.74, 6) is -0.0147. The molecule has 2 aromatic rings. The van der Waals surface area contributed by atoms with E-state index in [1.165, 1.54) is 0 Å². The van der Waals surface area contributed by atoms with Crippen LogP contribution in [0.15, 0.2) is 48.5 Å². The molecule has 0 bridgehead atoms. The van der Waals surface area contributed by atoms with Crippen LogP contribution in [0, 0.1) is 0 Å². The fourth-order valence-electron chi connectivity index (χ4n) is 2.87. The van der Waals surface area contributed by atoms with Gasteiger partial charge in [-0.1, -0.05) is 44.2 Å². The Labute approximate surface area is 148 Å². The quantitative estimate of drug-likeness (QED) is 0.781. The van der Waals surface area contributed by atoms with Gasteiger partial charge in [0.05, 0.1) is 12.9 Å². The number of rotatable bonds is 3. The Bertz CT molecular complexity index is 874. The van der Waals surface area contributed by atoms with Crippen molar-refractivity contribution in [3.05, 3.63) is 59.7 Å². The van der Waals surface area contributed by atoms with Gasteiger partial charge in [0, 0.05) is 23.5 Å². The lowest BCUT2D eigenvalue weighted by Crippen LogP contribution is -2.34. The molecule has 1 aliphatic heterocycles. The number of hydrogen-bond donors (Lipinski definition) is 0. The lowest BCUT2D eigenvalue weighted by atomic mass is 9.85. The SMILES string of the molecule is CC1(C)COC(C)(c2ccccc2)Oc2ccc(OS(C)(=O)=O)cc21. The van der Waals surface area contributed by atoms with Gasteiger partial charge < -0.3 is 13.7 Å². The molecule has 3 rings (SSSR count). The zero-order valence-corrected chi connectivity index (χ0v) is 15.6. The van der Waals surface area contributed by atoms with E-state index in [1.54, 1.807) is 18.2 Å². The van der Waals surface area contributed by atoms with Crippen molar-refractivity contribution in [3.63, 3.8) is 0 Å². The van der Waals surface area contributed by atoms with Crippen molar-refractivity contribution >= 4 is 10.1 Å². The lowest BCUT2D eigenvalue weighted by Gasteiger charge is -2.30. The van der Waals surface area contributed by atoms with E-state index in [4.69, 9.17) is 13.7 Å².